The maximum Gasteiger partial charge on any atom is 0.174 e. The largest absolute Gasteiger partial charge is 0.340 e. The van der Waals surface area contributed by atoms with Gasteiger partial charge in [-0.3, -0.25) is 4.98 Å². The molecule has 0 aliphatic carbocycles. The molecule has 0 aliphatic rings. The quantitative estimate of drug-likeness (QED) is 0.561. The zero-order valence-corrected chi connectivity index (χ0v) is 17.0. The number of hydrogen-bond acceptors (Lipinski definition) is 2. The summed E-state index contributed by atoms with van der Waals surface area (Å²) in [5, 5.41) is 3.72. The third kappa shape index (κ3) is 5.36. The second kappa shape index (κ2) is 9.42. The molecule has 0 saturated heterocycles. The van der Waals surface area contributed by atoms with Crippen LogP contribution in [-0.4, -0.2) is 15.0 Å². The number of nitrogens with zero attached hydrogens (tertiary/aromatic N) is 2. The van der Waals surface area contributed by atoms with Gasteiger partial charge in [0.1, 0.15) is 5.82 Å². The number of rotatable bonds is 6. The van der Waals surface area contributed by atoms with Crippen LogP contribution >= 0.6 is 12.2 Å². The Morgan fingerprint density at radius 1 is 1.04 bits per heavy atom. The molecule has 1 aromatic heterocycles. The zero-order valence-electron chi connectivity index (χ0n) is 16.2. The average Bonchev–Trinajstić information content (AvgIpc) is 2.71. The van der Waals surface area contributed by atoms with Crippen molar-refractivity contribution in [3.05, 3.63) is 95.1 Å². The molecule has 5 heteroatoms. The molecule has 0 saturated carbocycles. The van der Waals surface area contributed by atoms with Crippen LogP contribution in [0.15, 0.2) is 67.0 Å². The number of aromatic nitrogens is 1. The van der Waals surface area contributed by atoms with Gasteiger partial charge in [0.05, 0.1) is 0 Å². The molecule has 3 nitrogen and oxygen atoms in total. The molecular formula is C23H24FN3S. The molecule has 0 bridgehead atoms. The summed E-state index contributed by atoms with van der Waals surface area (Å²) >= 11 is 5.65. The van der Waals surface area contributed by atoms with Crippen molar-refractivity contribution in [1.82, 2.24) is 9.88 Å². The zero-order chi connectivity index (χ0) is 19.9. The number of aryl methyl sites for hydroxylation is 2. The van der Waals surface area contributed by atoms with Gasteiger partial charge in [0.2, 0.25) is 0 Å². The Labute approximate surface area is 171 Å². The van der Waals surface area contributed by atoms with E-state index in [1.165, 1.54) is 17.2 Å². The topological polar surface area (TPSA) is 28.2 Å². The van der Waals surface area contributed by atoms with E-state index in [1.54, 1.807) is 19.2 Å². The minimum atomic E-state index is -0.248. The molecule has 0 aliphatic heterocycles. The lowest BCUT2D eigenvalue weighted by molar-refractivity contribution is 0.412. The number of benzene rings is 2. The summed E-state index contributed by atoms with van der Waals surface area (Å²) in [7, 11) is 0. The highest BCUT2D eigenvalue weighted by atomic mass is 32.1. The van der Waals surface area contributed by atoms with Crippen molar-refractivity contribution in [2.24, 2.45) is 0 Å². The van der Waals surface area contributed by atoms with Gasteiger partial charge in [0.25, 0.3) is 0 Å². The van der Waals surface area contributed by atoms with Crippen molar-refractivity contribution in [3.63, 3.8) is 0 Å². The fourth-order valence-corrected chi connectivity index (χ4v) is 3.13. The molecule has 1 heterocycles. The predicted molar refractivity (Wildman–Crippen MR) is 117 cm³/mol. The van der Waals surface area contributed by atoms with Crippen molar-refractivity contribution < 1.29 is 4.39 Å². The maximum absolute atomic E-state index is 13.9. The minimum Gasteiger partial charge on any atom is -0.340 e. The van der Waals surface area contributed by atoms with E-state index in [4.69, 9.17) is 12.2 Å². The van der Waals surface area contributed by atoms with E-state index in [1.807, 2.05) is 24.4 Å². The monoisotopic (exact) mass is 393 g/mol. The van der Waals surface area contributed by atoms with Crippen molar-refractivity contribution in [1.29, 1.82) is 0 Å². The van der Waals surface area contributed by atoms with Gasteiger partial charge in [0, 0.05) is 31.2 Å². The Morgan fingerprint density at radius 2 is 1.75 bits per heavy atom. The van der Waals surface area contributed by atoms with Crippen molar-refractivity contribution in [2.45, 2.75) is 33.4 Å². The lowest BCUT2D eigenvalue weighted by Gasteiger charge is -2.26. The Kier molecular flexibility index (Phi) is 6.71. The van der Waals surface area contributed by atoms with Gasteiger partial charge in [-0.15, -0.1) is 0 Å². The maximum atomic E-state index is 13.9. The first kappa shape index (κ1) is 20.0. The molecular weight excluding hydrogens is 369 g/mol. The summed E-state index contributed by atoms with van der Waals surface area (Å²) in [6, 6.07) is 17.5. The summed E-state index contributed by atoms with van der Waals surface area (Å²) in [5.74, 6) is -0.248. The van der Waals surface area contributed by atoms with E-state index in [9.17, 15) is 4.39 Å². The molecule has 1 N–H and O–H groups in total. The molecule has 3 aromatic rings. The highest BCUT2D eigenvalue weighted by Gasteiger charge is 2.13. The van der Waals surface area contributed by atoms with Crippen molar-refractivity contribution in [2.75, 3.05) is 5.32 Å². The van der Waals surface area contributed by atoms with Gasteiger partial charge in [-0.1, -0.05) is 43.3 Å². The van der Waals surface area contributed by atoms with Crippen LogP contribution in [-0.2, 0) is 19.5 Å². The highest BCUT2D eigenvalue weighted by Crippen LogP contribution is 2.17. The first-order valence-corrected chi connectivity index (χ1v) is 9.74. The standard InChI is InChI=1S/C23H24FN3S/c1-3-18-7-9-19(10-8-18)15-27(16-20-5-4-12-25-14-20)23(28)26-21-11-6-17(2)22(24)13-21/h4-14H,3,15-16H2,1-2H3,(H,26,28). The molecule has 0 radical (unpaired) electrons. The third-order valence-electron chi connectivity index (χ3n) is 4.61. The Bertz CT molecular complexity index is 926. The van der Waals surface area contributed by atoms with E-state index in [-0.39, 0.29) is 5.82 Å². The molecule has 0 atom stereocenters. The fraction of sp³-hybridized carbons (Fsp3) is 0.217. The lowest BCUT2D eigenvalue weighted by atomic mass is 10.1. The summed E-state index contributed by atoms with van der Waals surface area (Å²) in [5.41, 5.74) is 4.79. The number of nitrogens with one attached hydrogen (secondary N) is 1. The molecule has 0 amide bonds. The van der Waals surface area contributed by atoms with Crippen LogP contribution in [0.1, 0.15) is 29.2 Å². The fourth-order valence-electron chi connectivity index (χ4n) is 2.89. The molecule has 0 unspecified atom stereocenters. The van der Waals surface area contributed by atoms with E-state index < -0.39 is 0 Å². The number of hydrogen-bond donors (Lipinski definition) is 1. The number of anilines is 1. The van der Waals surface area contributed by atoms with Gasteiger partial charge >= 0.3 is 0 Å². The minimum absolute atomic E-state index is 0.248. The van der Waals surface area contributed by atoms with E-state index in [0.29, 0.717) is 29.5 Å². The normalized spacial score (nSPS) is 10.5. The van der Waals surface area contributed by atoms with Crippen LogP contribution in [0.25, 0.3) is 0 Å². The Balaban J connectivity index is 1.79. The Morgan fingerprint density at radius 3 is 2.39 bits per heavy atom. The van der Waals surface area contributed by atoms with E-state index >= 15 is 0 Å². The van der Waals surface area contributed by atoms with Gasteiger partial charge in [-0.2, -0.15) is 0 Å². The number of thiocarbonyl (C=S) groups is 1. The van der Waals surface area contributed by atoms with Crippen LogP contribution in [0, 0.1) is 12.7 Å². The van der Waals surface area contributed by atoms with Gasteiger partial charge in [-0.05, 0) is 66.0 Å². The van der Waals surface area contributed by atoms with Crippen LogP contribution in [0.3, 0.4) is 0 Å². The summed E-state index contributed by atoms with van der Waals surface area (Å²) in [4.78, 5) is 6.25. The third-order valence-corrected chi connectivity index (χ3v) is 4.97. The van der Waals surface area contributed by atoms with Crippen molar-refractivity contribution >= 4 is 23.0 Å². The second-order valence-electron chi connectivity index (χ2n) is 6.78. The second-order valence-corrected chi connectivity index (χ2v) is 7.17. The first-order valence-electron chi connectivity index (χ1n) is 9.34. The molecule has 0 fully saturated rings. The van der Waals surface area contributed by atoms with Gasteiger partial charge in [0.15, 0.2) is 5.11 Å². The SMILES string of the molecule is CCc1ccc(CN(Cc2cccnc2)C(=S)Nc2ccc(C)c(F)c2)cc1. The predicted octanol–water partition coefficient (Wildman–Crippen LogP) is 5.49. The summed E-state index contributed by atoms with van der Waals surface area (Å²) in [6.45, 7) is 5.15. The van der Waals surface area contributed by atoms with Crippen LogP contribution in [0.5, 0.6) is 0 Å². The molecule has 144 valence electrons. The molecule has 2 aromatic carbocycles. The number of pyridine rings is 1. The summed E-state index contributed by atoms with van der Waals surface area (Å²) in [6.07, 6.45) is 4.60. The molecule has 28 heavy (non-hydrogen) atoms. The molecule has 0 spiro atoms. The van der Waals surface area contributed by atoms with E-state index in [0.717, 1.165) is 12.0 Å². The molecule has 3 rings (SSSR count). The van der Waals surface area contributed by atoms with Crippen LogP contribution < -0.4 is 5.32 Å². The van der Waals surface area contributed by atoms with Crippen LogP contribution in [0.2, 0.25) is 0 Å². The smallest absolute Gasteiger partial charge is 0.174 e. The number of halogens is 1. The summed E-state index contributed by atoms with van der Waals surface area (Å²) < 4.78 is 13.9. The van der Waals surface area contributed by atoms with Gasteiger partial charge in [-0.25, -0.2) is 4.39 Å². The van der Waals surface area contributed by atoms with E-state index in [2.05, 4.69) is 46.4 Å². The van der Waals surface area contributed by atoms with Crippen molar-refractivity contribution in [3.8, 4) is 0 Å². The first-order chi connectivity index (χ1) is 13.5. The average molecular weight is 394 g/mol. The highest BCUT2D eigenvalue weighted by molar-refractivity contribution is 7.80. The lowest BCUT2D eigenvalue weighted by Crippen LogP contribution is -2.33. The van der Waals surface area contributed by atoms with Gasteiger partial charge < -0.3 is 10.2 Å². The van der Waals surface area contributed by atoms with Crippen LogP contribution in [0.4, 0.5) is 10.1 Å². The Hall–Kier alpha value is -2.79.